The summed E-state index contributed by atoms with van der Waals surface area (Å²) in [6, 6.07) is 106. The van der Waals surface area contributed by atoms with Crippen LogP contribution in [0.5, 0.6) is 0 Å². The van der Waals surface area contributed by atoms with Crippen molar-refractivity contribution < 1.29 is 0 Å². The lowest BCUT2D eigenvalue weighted by Crippen LogP contribution is -2.28. The van der Waals surface area contributed by atoms with E-state index in [1.54, 1.807) is 0 Å². The molecular weight excluding hydrogens is 903 g/mol. The maximum absolute atomic E-state index is 2.48. The van der Waals surface area contributed by atoms with Gasteiger partial charge in [-0.15, -0.1) is 0 Å². The molecule has 2 aliphatic rings. The molecule has 1 heteroatoms. The topological polar surface area (TPSA) is 3.24 Å². The Kier molecular flexibility index (Phi) is 10.5. The van der Waals surface area contributed by atoms with E-state index in [1.807, 2.05) is 0 Å². The molecule has 75 heavy (non-hydrogen) atoms. The van der Waals surface area contributed by atoms with Gasteiger partial charge >= 0.3 is 0 Å². The van der Waals surface area contributed by atoms with Gasteiger partial charge in [0, 0.05) is 22.4 Å². The fourth-order valence-corrected chi connectivity index (χ4v) is 12.9. The molecule has 0 aliphatic heterocycles. The summed E-state index contributed by atoms with van der Waals surface area (Å²) < 4.78 is 0. The normalized spacial score (nSPS) is 13.4. The summed E-state index contributed by atoms with van der Waals surface area (Å²) >= 11 is 0. The maximum atomic E-state index is 2.48. The third kappa shape index (κ3) is 7.07. The fraction of sp³-hybridized carbons (Fsp3) is 0.0541. The van der Waals surface area contributed by atoms with Crippen LogP contribution in [-0.2, 0) is 10.8 Å². The predicted molar refractivity (Wildman–Crippen MR) is 315 cm³/mol. The quantitative estimate of drug-likeness (QED) is 0.139. The molecule has 0 unspecified atom stereocenters. The van der Waals surface area contributed by atoms with Gasteiger partial charge < -0.3 is 4.90 Å². The molecule has 0 fully saturated rings. The molecule has 0 atom stereocenters. The van der Waals surface area contributed by atoms with Crippen molar-refractivity contribution in [2.75, 3.05) is 4.90 Å². The number of hydrogen-bond acceptors (Lipinski definition) is 1. The molecule has 0 radical (unpaired) electrons. The minimum Gasteiger partial charge on any atom is -0.310 e. The highest BCUT2D eigenvalue weighted by Gasteiger charge is 2.46. The highest BCUT2D eigenvalue weighted by atomic mass is 15.1. The van der Waals surface area contributed by atoms with Gasteiger partial charge in [0.05, 0.1) is 11.1 Å². The molecule has 0 heterocycles. The van der Waals surface area contributed by atoms with E-state index in [9.17, 15) is 0 Å². The third-order valence-corrected chi connectivity index (χ3v) is 16.3. The van der Waals surface area contributed by atoms with Crippen LogP contribution >= 0.6 is 0 Å². The lowest BCUT2D eigenvalue weighted by atomic mass is 9.67. The van der Waals surface area contributed by atoms with Crippen LogP contribution in [0.15, 0.2) is 285 Å². The van der Waals surface area contributed by atoms with Gasteiger partial charge in [0.1, 0.15) is 0 Å². The Morgan fingerprint density at radius 1 is 0.267 bits per heavy atom. The lowest BCUT2D eigenvalue weighted by molar-refractivity contribution is 0.660. The molecule has 0 saturated heterocycles. The van der Waals surface area contributed by atoms with Crippen LogP contribution in [0.2, 0.25) is 0 Å². The van der Waals surface area contributed by atoms with Crippen molar-refractivity contribution in [2.45, 2.75) is 24.7 Å². The molecule has 1 nitrogen and oxygen atoms in total. The van der Waals surface area contributed by atoms with Crippen LogP contribution < -0.4 is 4.90 Å². The van der Waals surface area contributed by atoms with Crippen molar-refractivity contribution in [2.24, 2.45) is 0 Å². The Morgan fingerprint density at radius 3 is 1.51 bits per heavy atom. The zero-order chi connectivity index (χ0) is 50.1. The van der Waals surface area contributed by atoms with Crippen LogP contribution in [0.4, 0.5) is 17.1 Å². The molecule has 0 bridgehead atoms. The van der Waals surface area contributed by atoms with E-state index in [-0.39, 0.29) is 5.41 Å². The standard InChI is InChI=1S/C74H53N/c1-73(2)66-35-16-15-32-64(66)72-63(33-19-37-69(72)73)62-34-20-38-70(71(62)56-26-18-25-53(47-56)50-21-6-3-7-22-50)75(60-45-41-51-23-12-13-24-54(51)48-60)59-43-39-52(40-44-59)55-42-46-68-65(49-55)61-31-14-17-36-67(61)74(68,57-27-8-4-9-28-57)58-29-10-5-11-30-58/h3-49H,1-2H3. The van der Waals surface area contributed by atoms with E-state index in [0.717, 1.165) is 22.6 Å². The van der Waals surface area contributed by atoms with Crippen LogP contribution in [0, 0.1) is 0 Å². The van der Waals surface area contributed by atoms with Crippen LogP contribution in [0.25, 0.3) is 77.5 Å². The summed E-state index contributed by atoms with van der Waals surface area (Å²) in [6.45, 7) is 4.75. The van der Waals surface area contributed by atoms with E-state index in [0.29, 0.717) is 0 Å². The average Bonchev–Trinajstić information content (AvgIpc) is 4.05. The monoisotopic (exact) mass is 955 g/mol. The fourth-order valence-electron chi connectivity index (χ4n) is 12.9. The van der Waals surface area contributed by atoms with Crippen molar-refractivity contribution in [3.63, 3.8) is 0 Å². The van der Waals surface area contributed by atoms with Crippen LogP contribution in [-0.4, -0.2) is 0 Å². The molecule has 14 rings (SSSR count). The van der Waals surface area contributed by atoms with E-state index < -0.39 is 5.41 Å². The Hall–Kier alpha value is -9.30. The molecule has 12 aromatic carbocycles. The first-order valence-corrected chi connectivity index (χ1v) is 26.2. The maximum Gasteiger partial charge on any atom is 0.0713 e. The molecule has 2 aliphatic carbocycles. The second kappa shape index (κ2) is 17.7. The molecular formula is C74H53N. The number of anilines is 3. The second-order valence-corrected chi connectivity index (χ2v) is 20.7. The first-order valence-electron chi connectivity index (χ1n) is 26.2. The van der Waals surface area contributed by atoms with Crippen molar-refractivity contribution >= 4 is 27.8 Å². The summed E-state index contributed by atoms with van der Waals surface area (Å²) in [7, 11) is 0. The molecule has 0 amide bonds. The van der Waals surface area contributed by atoms with Gasteiger partial charge in [-0.1, -0.05) is 257 Å². The van der Waals surface area contributed by atoms with Crippen LogP contribution in [0.3, 0.4) is 0 Å². The number of rotatable bonds is 9. The van der Waals surface area contributed by atoms with Crippen molar-refractivity contribution in [1.82, 2.24) is 0 Å². The summed E-state index contributed by atoms with van der Waals surface area (Å²) in [6.07, 6.45) is 0. The molecule has 0 N–H and O–H groups in total. The average molecular weight is 956 g/mol. The van der Waals surface area contributed by atoms with Gasteiger partial charge in [-0.2, -0.15) is 0 Å². The van der Waals surface area contributed by atoms with Gasteiger partial charge in [0.2, 0.25) is 0 Å². The summed E-state index contributed by atoms with van der Waals surface area (Å²) in [5.74, 6) is 0. The van der Waals surface area contributed by atoms with Gasteiger partial charge in [0.15, 0.2) is 0 Å². The first kappa shape index (κ1) is 44.4. The van der Waals surface area contributed by atoms with E-state index in [1.165, 1.54) is 105 Å². The minimum absolute atomic E-state index is 0.138. The van der Waals surface area contributed by atoms with E-state index in [4.69, 9.17) is 0 Å². The van der Waals surface area contributed by atoms with Crippen molar-refractivity contribution in [3.8, 4) is 66.8 Å². The van der Waals surface area contributed by atoms with Gasteiger partial charge in [-0.05, 0) is 148 Å². The molecule has 12 aromatic rings. The molecule has 0 saturated carbocycles. The predicted octanol–water partition coefficient (Wildman–Crippen LogP) is 19.6. The van der Waals surface area contributed by atoms with Crippen molar-refractivity contribution in [1.29, 1.82) is 0 Å². The highest BCUT2D eigenvalue weighted by Crippen LogP contribution is 2.58. The highest BCUT2D eigenvalue weighted by molar-refractivity contribution is 6.03. The Morgan fingerprint density at radius 2 is 0.760 bits per heavy atom. The molecule has 354 valence electrons. The van der Waals surface area contributed by atoms with Crippen LogP contribution in [0.1, 0.15) is 47.2 Å². The zero-order valence-corrected chi connectivity index (χ0v) is 42.1. The smallest absolute Gasteiger partial charge is 0.0713 e. The summed E-state index contributed by atoms with van der Waals surface area (Å²) in [5.41, 5.74) is 25.3. The first-order chi connectivity index (χ1) is 37.0. The number of benzene rings is 12. The van der Waals surface area contributed by atoms with Gasteiger partial charge in [-0.3, -0.25) is 0 Å². The number of fused-ring (bicyclic) bond motifs is 7. The van der Waals surface area contributed by atoms with E-state index >= 15 is 0 Å². The Labute approximate surface area is 440 Å². The zero-order valence-electron chi connectivity index (χ0n) is 42.1. The number of hydrogen-bond donors (Lipinski definition) is 0. The van der Waals surface area contributed by atoms with Gasteiger partial charge in [-0.25, -0.2) is 0 Å². The Balaban J connectivity index is 0.965. The SMILES string of the molecule is CC1(C)c2ccccc2-c2c(-c3cccc(N(c4ccc(-c5ccc6c(c5)-c5ccccc5C6(c5ccccc5)c5ccccc5)cc4)c4ccc5ccccc5c4)c3-c3cccc(-c4ccccc4)c3)cccc21. The van der Waals surface area contributed by atoms with Crippen molar-refractivity contribution in [3.05, 3.63) is 318 Å². The largest absolute Gasteiger partial charge is 0.310 e. The Bertz CT molecular complexity index is 4090. The minimum atomic E-state index is -0.441. The third-order valence-electron chi connectivity index (χ3n) is 16.3. The summed E-state index contributed by atoms with van der Waals surface area (Å²) in [4.78, 5) is 2.48. The second-order valence-electron chi connectivity index (χ2n) is 20.7. The van der Waals surface area contributed by atoms with E-state index in [2.05, 4.69) is 304 Å². The molecule has 0 spiro atoms. The van der Waals surface area contributed by atoms with Gasteiger partial charge in [0.25, 0.3) is 0 Å². The lowest BCUT2D eigenvalue weighted by Gasteiger charge is -2.33. The molecule has 0 aromatic heterocycles. The number of nitrogens with zero attached hydrogens (tertiary/aromatic N) is 1. The summed E-state index contributed by atoms with van der Waals surface area (Å²) in [5, 5.41) is 2.41.